The highest BCUT2D eigenvalue weighted by Gasteiger charge is 2.38. The summed E-state index contributed by atoms with van der Waals surface area (Å²) in [5.41, 5.74) is 2.07. The second-order valence-corrected chi connectivity index (χ2v) is 10.2. The molecule has 1 aromatic rings. The van der Waals surface area contributed by atoms with E-state index in [0.717, 1.165) is 44.6 Å². The first-order valence-electron chi connectivity index (χ1n) is 12.1. The Morgan fingerprint density at radius 3 is 2.03 bits per heavy atom. The smallest absolute Gasteiger partial charge is 0.475 e. The van der Waals surface area contributed by atoms with Gasteiger partial charge in [-0.3, -0.25) is 9.69 Å². The molecule has 0 aromatic heterocycles. The summed E-state index contributed by atoms with van der Waals surface area (Å²) in [4.78, 5) is 25.8. The zero-order valence-corrected chi connectivity index (χ0v) is 21.1. The third-order valence-corrected chi connectivity index (χ3v) is 6.25. The number of likely N-dealkylation sites (tertiary alicyclic amines) is 2. The lowest BCUT2D eigenvalue weighted by Crippen LogP contribution is -2.48. The Morgan fingerprint density at radius 2 is 1.58 bits per heavy atom. The molecule has 2 saturated heterocycles. The molecular formula is C25H37F3N4O4. The zero-order chi connectivity index (χ0) is 26.9. The average molecular weight is 515 g/mol. The van der Waals surface area contributed by atoms with Crippen LogP contribution < -0.4 is 5.84 Å². The van der Waals surface area contributed by atoms with Gasteiger partial charge in [-0.2, -0.15) is 18.3 Å². The van der Waals surface area contributed by atoms with Crippen LogP contribution >= 0.6 is 0 Å². The Labute approximate surface area is 210 Å². The zero-order valence-electron chi connectivity index (χ0n) is 21.1. The van der Waals surface area contributed by atoms with Crippen molar-refractivity contribution in [1.82, 2.24) is 9.80 Å². The van der Waals surface area contributed by atoms with E-state index in [0.29, 0.717) is 18.5 Å². The molecule has 2 aliphatic rings. The van der Waals surface area contributed by atoms with Crippen molar-refractivity contribution in [3.63, 3.8) is 0 Å². The van der Waals surface area contributed by atoms with Crippen molar-refractivity contribution < 1.29 is 32.6 Å². The van der Waals surface area contributed by atoms with Crippen molar-refractivity contribution in [2.45, 2.75) is 70.2 Å². The van der Waals surface area contributed by atoms with Gasteiger partial charge in [0, 0.05) is 19.1 Å². The number of halogens is 3. The summed E-state index contributed by atoms with van der Waals surface area (Å²) < 4.78 is 37.2. The van der Waals surface area contributed by atoms with Gasteiger partial charge in [0.05, 0.1) is 12.8 Å². The van der Waals surface area contributed by atoms with Gasteiger partial charge in [-0.1, -0.05) is 24.3 Å². The van der Waals surface area contributed by atoms with E-state index in [4.69, 9.17) is 20.5 Å². The molecular weight excluding hydrogens is 477 g/mol. The van der Waals surface area contributed by atoms with Crippen LogP contribution in [0, 0.1) is 0 Å². The molecule has 0 unspecified atom stereocenters. The number of carbonyl (C=O) groups is 2. The van der Waals surface area contributed by atoms with Crippen LogP contribution in [0.4, 0.5) is 13.2 Å². The number of benzene rings is 1. The summed E-state index contributed by atoms with van der Waals surface area (Å²) >= 11 is 0. The molecule has 3 rings (SSSR count). The molecule has 0 radical (unpaired) electrons. The second-order valence-electron chi connectivity index (χ2n) is 10.2. The maximum Gasteiger partial charge on any atom is 0.490 e. The maximum absolute atomic E-state index is 12.1. The van der Waals surface area contributed by atoms with Gasteiger partial charge >= 0.3 is 18.1 Å². The van der Waals surface area contributed by atoms with Crippen LogP contribution in [-0.2, 0) is 14.3 Å². The van der Waals surface area contributed by atoms with E-state index < -0.39 is 17.7 Å². The maximum atomic E-state index is 12.1. The van der Waals surface area contributed by atoms with E-state index in [9.17, 15) is 18.0 Å². The minimum Gasteiger partial charge on any atom is -0.475 e. The molecule has 0 saturated carbocycles. The number of alkyl halides is 3. The first kappa shape index (κ1) is 29.6. The number of hydrogen-bond acceptors (Lipinski definition) is 7. The van der Waals surface area contributed by atoms with E-state index >= 15 is 0 Å². The summed E-state index contributed by atoms with van der Waals surface area (Å²) in [6, 6.07) is 9.27. The van der Waals surface area contributed by atoms with Gasteiger partial charge in [0.15, 0.2) is 0 Å². The number of nitrogens with zero attached hydrogens (tertiary/aromatic N) is 3. The first-order chi connectivity index (χ1) is 16.8. The van der Waals surface area contributed by atoms with Gasteiger partial charge < -0.3 is 20.6 Å². The number of esters is 1. The van der Waals surface area contributed by atoms with Crippen molar-refractivity contribution >= 4 is 18.2 Å². The molecule has 1 aromatic carbocycles. The highest BCUT2D eigenvalue weighted by molar-refractivity contribution is 5.79. The lowest BCUT2D eigenvalue weighted by molar-refractivity contribution is -0.192. The molecule has 0 atom stereocenters. The molecule has 0 spiro atoms. The summed E-state index contributed by atoms with van der Waals surface area (Å²) in [5.74, 6) is 3.00. The van der Waals surface area contributed by atoms with Crippen molar-refractivity contribution in [3.8, 4) is 0 Å². The molecule has 202 valence electrons. The van der Waals surface area contributed by atoms with E-state index in [1.165, 1.54) is 18.4 Å². The predicted octanol–water partition coefficient (Wildman–Crippen LogP) is 3.60. The first-order valence-corrected chi connectivity index (χ1v) is 12.1. The molecule has 2 fully saturated rings. The number of hydrazone groups is 1. The van der Waals surface area contributed by atoms with E-state index in [-0.39, 0.29) is 5.97 Å². The molecule has 36 heavy (non-hydrogen) atoms. The van der Waals surface area contributed by atoms with Gasteiger partial charge in [-0.25, -0.2) is 4.79 Å². The van der Waals surface area contributed by atoms with Gasteiger partial charge in [0.25, 0.3) is 0 Å². The van der Waals surface area contributed by atoms with Crippen LogP contribution in [0.2, 0.25) is 0 Å². The SMILES string of the molecule is CC(C)(C)OC(=O)CN1CCC(N2CCC(c3ccc(C=NN)cc3)CC2)CC1.O=C(O)C(F)(F)F. The minimum atomic E-state index is -5.08. The molecule has 0 amide bonds. The quantitative estimate of drug-likeness (QED) is 0.268. The van der Waals surface area contributed by atoms with E-state index in [1.54, 1.807) is 6.21 Å². The van der Waals surface area contributed by atoms with Crippen LogP contribution in [0.25, 0.3) is 0 Å². The predicted molar refractivity (Wildman–Crippen MR) is 131 cm³/mol. The van der Waals surface area contributed by atoms with Crippen molar-refractivity contribution in [2.75, 3.05) is 32.7 Å². The fourth-order valence-electron chi connectivity index (χ4n) is 4.54. The largest absolute Gasteiger partial charge is 0.490 e. The van der Waals surface area contributed by atoms with Gasteiger partial charge in [0.2, 0.25) is 0 Å². The Hall–Kier alpha value is -2.66. The van der Waals surface area contributed by atoms with Crippen molar-refractivity contribution in [3.05, 3.63) is 35.4 Å². The Morgan fingerprint density at radius 1 is 1.06 bits per heavy atom. The topological polar surface area (TPSA) is 108 Å². The minimum absolute atomic E-state index is 0.111. The van der Waals surface area contributed by atoms with Gasteiger partial charge in [-0.05, 0) is 76.6 Å². The number of carbonyl (C=O) groups excluding carboxylic acids is 1. The van der Waals surface area contributed by atoms with Crippen LogP contribution in [0.5, 0.6) is 0 Å². The third-order valence-electron chi connectivity index (χ3n) is 6.25. The Bertz CT molecular complexity index is 869. The Kier molecular flexibility index (Phi) is 10.7. The highest BCUT2D eigenvalue weighted by Crippen LogP contribution is 2.30. The van der Waals surface area contributed by atoms with Crippen LogP contribution in [0.1, 0.15) is 63.5 Å². The van der Waals surface area contributed by atoms with Crippen molar-refractivity contribution in [2.24, 2.45) is 10.9 Å². The molecule has 0 bridgehead atoms. The lowest BCUT2D eigenvalue weighted by Gasteiger charge is -2.41. The van der Waals surface area contributed by atoms with Crippen LogP contribution in [0.3, 0.4) is 0 Å². The number of aliphatic carboxylic acids is 1. The van der Waals surface area contributed by atoms with Gasteiger partial charge in [-0.15, -0.1) is 0 Å². The number of piperidine rings is 2. The third kappa shape index (κ3) is 10.1. The number of hydrogen-bond donors (Lipinski definition) is 2. The van der Waals surface area contributed by atoms with Crippen molar-refractivity contribution in [1.29, 1.82) is 0 Å². The number of carboxylic acids is 1. The van der Waals surface area contributed by atoms with E-state index in [1.807, 2.05) is 20.8 Å². The molecule has 8 nitrogen and oxygen atoms in total. The summed E-state index contributed by atoms with van der Waals surface area (Å²) in [6.07, 6.45) is 1.30. The second kappa shape index (κ2) is 13.0. The van der Waals surface area contributed by atoms with Crippen LogP contribution in [-0.4, -0.2) is 83.6 Å². The fourth-order valence-corrected chi connectivity index (χ4v) is 4.54. The standard InChI is InChI=1S/C23H36N4O2.C2HF3O2/c1-23(2,3)29-22(28)17-26-12-10-21(11-13-26)27-14-8-20(9-15-27)19-6-4-18(5-7-19)16-25-24;3-2(4,5)1(6)7/h4-7,16,20-21H,8-15,17,24H2,1-3H3;(H,6,7). The van der Waals surface area contributed by atoms with Crippen LogP contribution in [0.15, 0.2) is 29.4 Å². The average Bonchev–Trinajstić information content (AvgIpc) is 2.79. The molecule has 0 aliphatic carbocycles. The molecule has 3 N–H and O–H groups in total. The molecule has 11 heteroatoms. The molecule has 2 aliphatic heterocycles. The summed E-state index contributed by atoms with van der Waals surface area (Å²) in [5, 5.41) is 10.7. The number of rotatable bonds is 5. The molecule has 2 heterocycles. The monoisotopic (exact) mass is 514 g/mol. The van der Waals surface area contributed by atoms with E-state index in [2.05, 4.69) is 39.2 Å². The number of ether oxygens (including phenoxy) is 1. The number of carboxylic acid groups (broad SMARTS) is 1. The normalized spacial score (nSPS) is 19.1. The lowest BCUT2D eigenvalue weighted by atomic mass is 9.87. The Balaban J connectivity index is 0.000000572. The summed E-state index contributed by atoms with van der Waals surface area (Å²) in [6.45, 7) is 10.5. The highest BCUT2D eigenvalue weighted by atomic mass is 19.4. The van der Waals surface area contributed by atoms with Gasteiger partial charge in [0.1, 0.15) is 5.60 Å². The summed E-state index contributed by atoms with van der Waals surface area (Å²) in [7, 11) is 0. The number of nitrogens with two attached hydrogens (primary N) is 1. The fraction of sp³-hybridized carbons (Fsp3) is 0.640.